The lowest BCUT2D eigenvalue weighted by Crippen LogP contribution is -2.45. The number of nitrogens with zero attached hydrogens (tertiary/aromatic N) is 1. The van der Waals surface area contributed by atoms with E-state index in [1.807, 2.05) is 13.8 Å². The zero-order chi connectivity index (χ0) is 11.3. The maximum Gasteiger partial charge on any atom is 0.237 e. The average molecular weight is 213 g/mol. The third kappa shape index (κ3) is 4.18. The van der Waals surface area contributed by atoms with E-state index in [1.165, 1.54) is 25.9 Å². The summed E-state index contributed by atoms with van der Waals surface area (Å²) in [6.45, 7) is 7.95. The van der Waals surface area contributed by atoms with Gasteiger partial charge in [-0.1, -0.05) is 13.8 Å². The van der Waals surface area contributed by atoms with Crippen LogP contribution in [-0.2, 0) is 4.79 Å². The predicted molar refractivity (Wildman–Crippen MR) is 61.5 cm³/mol. The summed E-state index contributed by atoms with van der Waals surface area (Å²) in [6, 6.07) is -0.372. The molecule has 0 unspecified atom stereocenters. The highest BCUT2D eigenvalue weighted by Crippen LogP contribution is 2.05. The molecule has 4 heteroatoms. The van der Waals surface area contributed by atoms with Gasteiger partial charge < -0.3 is 16.0 Å². The number of hydrogen-bond donors (Lipinski definition) is 2. The van der Waals surface area contributed by atoms with E-state index in [0.717, 1.165) is 13.1 Å². The van der Waals surface area contributed by atoms with Crippen LogP contribution in [0.2, 0.25) is 0 Å². The number of carbonyl (C=O) groups excluding carboxylic acids is 1. The molecule has 1 amide bonds. The van der Waals surface area contributed by atoms with Crippen molar-refractivity contribution in [1.29, 1.82) is 0 Å². The first-order valence-electron chi connectivity index (χ1n) is 5.87. The Morgan fingerprint density at radius 1 is 1.40 bits per heavy atom. The summed E-state index contributed by atoms with van der Waals surface area (Å²) >= 11 is 0. The Balaban J connectivity index is 2.11. The Bertz CT molecular complexity index is 200. The van der Waals surface area contributed by atoms with Crippen LogP contribution >= 0.6 is 0 Å². The zero-order valence-electron chi connectivity index (χ0n) is 9.83. The molecule has 0 aliphatic carbocycles. The van der Waals surface area contributed by atoms with Crippen molar-refractivity contribution in [3.8, 4) is 0 Å². The molecular weight excluding hydrogens is 190 g/mol. The maximum absolute atomic E-state index is 11.5. The third-order valence-electron chi connectivity index (χ3n) is 2.95. The van der Waals surface area contributed by atoms with E-state index < -0.39 is 0 Å². The van der Waals surface area contributed by atoms with Gasteiger partial charge in [-0.15, -0.1) is 0 Å². The minimum Gasteiger partial charge on any atom is -0.353 e. The van der Waals surface area contributed by atoms with E-state index in [2.05, 4.69) is 10.2 Å². The molecule has 15 heavy (non-hydrogen) atoms. The van der Waals surface area contributed by atoms with Gasteiger partial charge in [0.25, 0.3) is 0 Å². The molecule has 1 atom stereocenters. The molecule has 88 valence electrons. The Kier molecular flexibility index (Phi) is 5.05. The molecule has 0 aromatic heterocycles. The van der Waals surface area contributed by atoms with Gasteiger partial charge in [0, 0.05) is 13.1 Å². The van der Waals surface area contributed by atoms with Gasteiger partial charge in [-0.25, -0.2) is 0 Å². The van der Waals surface area contributed by atoms with Crippen molar-refractivity contribution in [2.24, 2.45) is 11.7 Å². The number of amides is 1. The molecular formula is C11H23N3O. The Morgan fingerprint density at radius 3 is 2.53 bits per heavy atom. The molecule has 0 radical (unpaired) electrons. The van der Waals surface area contributed by atoms with Gasteiger partial charge in [0.1, 0.15) is 0 Å². The summed E-state index contributed by atoms with van der Waals surface area (Å²) in [7, 11) is 0. The van der Waals surface area contributed by atoms with Crippen molar-refractivity contribution >= 4 is 5.91 Å². The van der Waals surface area contributed by atoms with Crippen LogP contribution in [0.1, 0.15) is 26.7 Å². The fraction of sp³-hybridized carbons (Fsp3) is 0.909. The largest absolute Gasteiger partial charge is 0.353 e. The Hall–Kier alpha value is -0.610. The van der Waals surface area contributed by atoms with E-state index in [4.69, 9.17) is 5.73 Å². The molecule has 1 saturated heterocycles. The van der Waals surface area contributed by atoms with Crippen molar-refractivity contribution in [1.82, 2.24) is 10.2 Å². The fourth-order valence-corrected chi connectivity index (χ4v) is 1.76. The van der Waals surface area contributed by atoms with Gasteiger partial charge in [-0.3, -0.25) is 4.79 Å². The van der Waals surface area contributed by atoms with Crippen LogP contribution < -0.4 is 11.1 Å². The second-order valence-corrected chi connectivity index (χ2v) is 4.61. The molecule has 1 heterocycles. The SMILES string of the molecule is CC(C)[C@@H](N)C(=O)NCCN1CCCC1. The lowest BCUT2D eigenvalue weighted by molar-refractivity contribution is -0.123. The minimum absolute atomic E-state index is 0.0239. The van der Waals surface area contributed by atoms with Crippen LogP contribution in [0.15, 0.2) is 0 Å². The van der Waals surface area contributed by atoms with Crippen molar-refractivity contribution in [2.45, 2.75) is 32.7 Å². The van der Waals surface area contributed by atoms with Gasteiger partial charge in [-0.2, -0.15) is 0 Å². The summed E-state index contributed by atoms with van der Waals surface area (Å²) in [4.78, 5) is 13.9. The van der Waals surface area contributed by atoms with Crippen molar-refractivity contribution in [3.63, 3.8) is 0 Å². The van der Waals surface area contributed by atoms with Gasteiger partial charge >= 0.3 is 0 Å². The van der Waals surface area contributed by atoms with Gasteiger partial charge in [-0.05, 0) is 31.8 Å². The molecule has 1 aliphatic heterocycles. The highest BCUT2D eigenvalue weighted by atomic mass is 16.2. The number of nitrogens with one attached hydrogen (secondary N) is 1. The van der Waals surface area contributed by atoms with Crippen LogP contribution in [0.5, 0.6) is 0 Å². The summed E-state index contributed by atoms with van der Waals surface area (Å²) in [5.41, 5.74) is 5.73. The summed E-state index contributed by atoms with van der Waals surface area (Å²) in [5, 5.41) is 2.89. The van der Waals surface area contributed by atoms with Crippen LogP contribution in [0.25, 0.3) is 0 Å². The molecule has 4 nitrogen and oxygen atoms in total. The zero-order valence-corrected chi connectivity index (χ0v) is 9.83. The highest BCUT2D eigenvalue weighted by Gasteiger charge is 2.17. The smallest absolute Gasteiger partial charge is 0.237 e. The second-order valence-electron chi connectivity index (χ2n) is 4.61. The van der Waals surface area contributed by atoms with Gasteiger partial charge in [0.2, 0.25) is 5.91 Å². The minimum atomic E-state index is -0.372. The van der Waals surface area contributed by atoms with E-state index in [9.17, 15) is 4.79 Å². The highest BCUT2D eigenvalue weighted by molar-refractivity contribution is 5.81. The summed E-state index contributed by atoms with van der Waals surface area (Å²) < 4.78 is 0. The monoisotopic (exact) mass is 213 g/mol. The maximum atomic E-state index is 11.5. The van der Waals surface area contributed by atoms with Crippen molar-refractivity contribution in [2.75, 3.05) is 26.2 Å². The summed E-state index contributed by atoms with van der Waals surface area (Å²) in [5.74, 6) is 0.181. The number of nitrogens with two attached hydrogens (primary N) is 1. The average Bonchev–Trinajstić information content (AvgIpc) is 2.69. The Morgan fingerprint density at radius 2 is 2.00 bits per heavy atom. The molecule has 3 N–H and O–H groups in total. The van der Waals surface area contributed by atoms with E-state index in [0.29, 0.717) is 0 Å². The first kappa shape index (κ1) is 12.5. The molecule has 0 saturated carbocycles. The predicted octanol–water partition coefficient (Wildman–Crippen LogP) is 0.182. The molecule has 1 aliphatic rings. The molecule has 0 aromatic rings. The standard InChI is InChI=1S/C11H23N3O/c1-9(2)10(12)11(15)13-5-8-14-6-3-4-7-14/h9-10H,3-8,12H2,1-2H3,(H,13,15)/t10-/m1/s1. The van der Waals surface area contributed by atoms with Crippen LogP contribution in [0.4, 0.5) is 0 Å². The molecule has 0 bridgehead atoms. The topological polar surface area (TPSA) is 58.4 Å². The fourth-order valence-electron chi connectivity index (χ4n) is 1.76. The van der Waals surface area contributed by atoms with E-state index >= 15 is 0 Å². The number of carbonyl (C=O) groups is 1. The molecule has 1 rings (SSSR count). The number of rotatable bonds is 5. The van der Waals surface area contributed by atoms with Gasteiger partial charge in [0.15, 0.2) is 0 Å². The van der Waals surface area contributed by atoms with Crippen molar-refractivity contribution < 1.29 is 4.79 Å². The lowest BCUT2D eigenvalue weighted by Gasteiger charge is -2.18. The number of hydrogen-bond acceptors (Lipinski definition) is 3. The molecule has 0 spiro atoms. The molecule has 0 aromatic carbocycles. The van der Waals surface area contributed by atoms with Gasteiger partial charge in [0.05, 0.1) is 6.04 Å². The van der Waals surface area contributed by atoms with E-state index in [1.54, 1.807) is 0 Å². The summed E-state index contributed by atoms with van der Waals surface area (Å²) in [6.07, 6.45) is 2.58. The van der Waals surface area contributed by atoms with Crippen molar-refractivity contribution in [3.05, 3.63) is 0 Å². The Labute approximate surface area is 92.2 Å². The first-order valence-corrected chi connectivity index (χ1v) is 5.87. The quantitative estimate of drug-likeness (QED) is 0.685. The normalized spacial score (nSPS) is 19.5. The van der Waals surface area contributed by atoms with E-state index in [-0.39, 0.29) is 17.9 Å². The van der Waals surface area contributed by atoms with Crippen LogP contribution in [0.3, 0.4) is 0 Å². The third-order valence-corrected chi connectivity index (χ3v) is 2.95. The second kappa shape index (κ2) is 6.08. The first-order chi connectivity index (χ1) is 7.11. The lowest BCUT2D eigenvalue weighted by atomic mass is 10.1. The van der Waals surface area contributed by atoms with Crippen LogP contribution in [0, 0.1) is 5.92 Å². The number of likely N-dealkylation sites (tertiary alicyclic amines) is 1. The molecule has 1 fully saturated rings. The van der Waals surface area contributed by atoms with Crippen LogP contribution in [-0.4, -0.2) is 43.0 Å².